The Balaban J connectivity index is 2.51. The summed E-state index contributed by atoms with van der Waals surface area (Å²) >= 11 is 0. The van der Waals surface area contributed by atoms with Crippen molar-refractivity contribution in [1.29, 1.82) is 0 Å². The fourth-order valence-corrected chi connectivity index (χ4v) is 2.27. The van der Waals surface area contributed by atoms with Crippen LogP contribution in [-0.4, -0.2) is 48.4 Å². The molecule has 1 atom stereocenters. The maximum Gasteiger partial charge on any atom is 0.337 e. The smallest absolute Gasteiger partial charge is 0.337 e. The number of carboxylic acid groups (broad SMARTS) is 1. The third-order valence-corrected chi connectivity index (χ3v) is 3.89. The first-order valence-corrected chi connectivity index (χ1v) is 7.28. The molecule has 0 saturated carbocycles. The number of aliphatic hydroxyl groups is 1. The second-order valence-electron chi connectivity index (χ2n) is 5.99. The Labute approximate surface area is 141 Å². The molecule has 2 heterocycles. The molecule has 0 aromatic carbocycles. The Hall–Kier alpha value is -3.01. The van der Waals surface area contributed by atoms with Crippen molar-refractivity contribution in [2.24, 2.45) is 14.1 Å². The van der Waals surface area contributed by atoms with Crippen LogP contribution in [0.4, 0.5) is 0 Å². The highest BCUT2D eigenvalue weighted by molar-refractivity contribution is 5.95. The molecule has 2 aromatic heterocycles. The number of nitrogens with zero attached hydrogens (tertiary/aromatic N) is 3. The van der Waals surface area contributed by atoms with Crippen molar-refractivity contribution in [2.45, 2.75) is 19.4 Å². The van der Waals surface area contributed by atoms with Gasteiger partial charge in [0.15, 0.2) is 5.60 Å². The molecule has 0 saturated heterocycles. The molecule has 0 fully saturated rings. The highest BCUT2D eigenvalue weighted by Crippen LogP contribution is 2.13. The molecular formula is C15H18N4O6. The van der Waals surface area contributed by atoms with E-state index in [0.717, 1.165) is 16.1 Å². The summed E-state index contributed by atoms with van der Waals surface area (Å²) in [6.07, 6.45) is 0. The van der Waals surface area contributed by atoms with Gasteiger partial charge in [0, 0.05) is 14.1 Å². The molecule has 0 aliphatic rings. The summed E-state index contributed by atoms with van der Waals surface area (Å²) in [4.78, 5) is 51.4. The Morgan fingerprint density at radius 2 is 1.88 bits per heavy atom. The molecule has 2 rings (SSSR count). The summed E-state index contributed by atoms with van der Waals surface area (Å²) < 4.78 is 2.09. The first-order valence-electron chi connectivity index (χ1n) is 7.28. The van der Waals surface area contributed by atoms with Gasteiger partial charge >= 0.3 is 11.7 Å². The number of carboxylic acids is 1. The number of aryl methyl sites for hydroxylation is 2. The zero-order chi connectivity index (χ0) is 19.1. The number of nitrogens with one attached hydrogen (secondary N) is 1. The van der Waals surface area contributed by atoms with Crippen molar-refractivity contribution in [2.75, 3.05) is 6.54 Å². The van der Waals surface area contributed by atoms with Crippen LogP contribution >= 0.6 is 0 Å². The van der Waals surface area contributed by atoms with Gasteiger partial charge in [0.05, 0.1) is 11.9 Å². The maximum atomic E-state index is 12.2. The van der Waals surface area contributed by atoms with Crippen LogP contribution in [0.2, 0.25) is 0 Å². The molecule has 0 aliphatic heterocycles. The highest BCUT2D eigenvalue weighted by atomic mass is 16.4. The van der Waals surface area contributed by atoms with Crippen LogP contribution < -0.4 is 16.6 Å². The molecule has 1 unspecified atom stereocenters. The lowest BCUT2D eigenvalue weighted by molar-refractivity contribution is -0.155. The van der Waals surface area contributed by atoms with E-state index in [4.69, 9.17) is 5.11 Å². The lowest BCUT2D eigenvalue weighted by atomic mass is 10.1. The second kappa shape index (κ2) is 6.13. The number of carbonyl (C=O) groups excluding carboxylic acids is 1. The SMILES string of the molecule is Cc1cc(C(=O)NCC(C)(O)C(=O)O)nc2c1c(=O)n(C)c(=O)n2C. The third-order valence-electron chi connectivity index (χ3n) is 3.89. The van der Waals surface area contributed by atoms with Gasteiger partial charge in [-0.25, -0.2) is 14.6 Å². The molecule has 10 nitrogen and oxygen atoms in total. The van der Waals surface area contributed by atoms with Crippen LogP contribution in [-0.2, 0) is 18.9 Å². The van der Waals surface area contributed by atoms with E-state index in [2.05, 4.69) is 10.3 Å². The van der Waals surface area contributed by atoms with Crippen LogP contribution in [0.25, 0.3) is 11.0 Å². The molecule has 134 valence electrons. The topological polar surface area (TPSA) is 144 Å². The number of carbonyl (C=O) groups is 2. The van der Waals surface area contributed by atoms with E-state index in [-0.39, 0.29) is 16.7 Å². The predicted molar refractivity (Wildman–Crippen MR) is 87.6 cm³/mol. The van der Waals surface area contributed by atoms with Gasteiger partial charge in [0.25, 0.3) is 11.5 Å². The monoisotopic (exact) mass is 350 g/mol. The minimum Gasteiger partial charge on any atom is -0.479 e. The van der Waals surface area contributed by atoms with Crippen LogP contribution in [0.1, 0.15) is 23.0 Å². The Morgan fingerprint density at radius 1 is 1.28 bits per heavy atom. The molecule has 25 heavy (non-hydrogen) atoms. The summed E-state index contributed by atoms with van der Waals surface area (Å²) in [6, 6.07) is 1.36. The fraction of sp³-hybridized carbons (Fsp3) is 0.400. The first kappa shape index (κ1) is 18.3. The molecule has 0 aliphatic carbocycles. The number of aliphatic carboxylic acids is 1. The van der Waals surface area contributed by atoms with Crippen molar-refractivity contribution >= 4 is 22.9 Å². The lowest BCUT2D eigenvalue weighted by Gasteiger charge is -2.18. The number of hydrogen-bond donors (Lipinski definition) is 3. The molecule has 2 aromatic rings. The van der Waals surface area contributed by atoms with E-state index in [1.54, 1.807) is 6.92 Å². The molecule has 0 bridgehead atoms. The van der Waals surface area contributed by atoms with Gasteiger partial charge in [0.2, 0.25) is 0 Å². The largest absolute Gasteiger partial charge is 0.479 e. The molecule has 1 amide bonds. The number of fused-ring (bicyclic) bond motifs is 1. The summed E-state index contributed by atoms with van der Waals surface area (Å²) in [6.45, 7) is 2.11. The zero-order valence-corrected chi connectivity index (χ0v) is 14.2. The van der Waals surface area contributed by atoms with E-state index in [1.807, 2.05) is 0 Å². The quantitative estimate of drug-likeness (QED) is 0.609. The average Bonchev–Trinajstić information content (AvgIpc) is 2.55. The van der Waals surface area contributed by atoms with E-state index in [9.17, 15) is 24.3 Å². The van der Waals surface area contributed by atoms with Crippen LogP contribution in [0.3, 0.4) is 0 Å². The van der Waals surface area contributed by atoms with Gasteiger partial charge in [-0.15, -0.1) is 0 Å². The van der Waals surface area contributed by atoms with E-state index >= 15 is 0 Å². The van der Waals surface area contributed by atoms with E-state index < -0.39 is 35.3 Å². The number of hydrogen-bond acceptors (Lipinski definition) is 6. The van der Waals surface area contributed by atoms with Crippen molar-refractivity contribution in [1.82, 2.24) is 19.4 Å². The standard InChI is InChI=1S/C15H18N4O6/c1-7-5-8(11(20)16-6-15(2,25)13(22)23)17-10-9(7)12(21)19(4)14(24)18(10)3/h5,25H,6H2,1-4H3,(H,16,20)(H,22,23). The maximum absolute atomic E-state index is 12.2. The average molecular weight is 350 g/mol. The normalized spacial score (nSPS) is 13.5. The summed E-state index contributed by atoms with van der Waals surface area (Å²) in [5.74, 6) is -2.22. The molecule has 3 N–H and O–H groups in total. The van der Waals surface area contributed by atoms with Gasteiger partial charge in [0.1, 0.15) is 11.3 Å². The molecule has 0 spiro atoms. The third kappa shape index (κ3) is 3.15. The minimum absolute atomic E-state index is 0.0447. The van der Waals surface area contributed by atoms with Gasteiger partial charge in [-0.05, 0) is 25.5 Å². The van der Waals surface area contributed by atoms with Crippen LogP contribution in [0.5, 0.6) is 0 Å². The van der Waals surface area contributed by atoms with Crippen molar-refractivity contribution in [3.05, 3.63) is 38.2 Å². The van der Waals surface area contributed by atoms with Gasteiger partial charge in [-0.2, -0.15) is 0 Å². The number of aromatic nitrogens is 3. The summed E-state index contributed by atoms with van der Waals surface area (Å²) in [7, 11) is 2.77. The molecular weight excluding hydrogens is 332 g/mol. The Kier molecular flexibility index (Phi) is 4.49. The Bertz CT molecular complexity index is 1000. The summed E-state index contributed by atoms with van der Waals surface area (Å²) in [5.41, 5.74) is -2.86. The molecule has 10 heteroatoms. The fourth-order valence-electron chi connectivity index (χ4n) is 2.27. The van der Waals surface area contributed by atoms with Crippen molar-refractivity contribution in [3.63, 3.8) is 0 Å². The summed E-state index contributed by atoms with van der Waals surface area (Å²) in [5, 5.41) is 21.0. The first-order chi connectivity index (χ1) is 11.5. The number of pyridine rings is 1. The minimum atomic E-state index is -2.13. The lowest BCUT2D eigenvalue weighted by Crippen LogP contribution is -2.46. The van der Waals surface area contributed by atoms with Crippen molar-refractivity contribution < 1.29 is 19.8 Å². The van der Waals surface area contributed by atoms with Crippen LogP contribution in [0, 0.1) is 6.92 Å². The number of amides is 1. The van der Waals surface area contributed by atoms with E-state index in [0.29, 0.717) is 5.56 Å². The predicted octanol–water partition coefficient (Wildman–Crippen LogP) is -1.49. The zero-order valence-electron chi connectivity index (χ0n) is 14.2. The molecule has 0 radical (unpaired) electrons. The second-order valence-corrected chi connectivity index (χ2v) is 5.99. The van der Waals surface area contributed by atoms with Gasteiger partial charge < -0.3 is 15.5 Å². The highest BCUT2D eigenvalue weighted by Gasteiger charge is 2.30. The van der Waals surface area contributed by atoms with E-state index in [1.165, 1.54) is 20.2 Å². The van der Waals surface area contributed by atoms with Gasteiger partial charge in [-0.1, -0.05) is 0 Å². The van der Waals surface area contributed by atoms with Gasteiger partial charge in [-0.3, -0.25) is 18.7 Å². The van der Waals surface area contributed by atoms with Crippen LogP contribution in [0.15, 0.2) is 15.7 Å². The Morgan fingerprint density at radius 3 is 2.44 bits per heavy atom. The number of rotatable bonds is 4. The van der Waals surface area contributed by atoms with Crippen molar-refractivity contribution in [3.8, 4) is 0 Å².